The van der Waals surface area contributed by atoms with Crippen molar-refractivity contribution >= 4 is 11.8 Å². The van der Waals surface area contributed by atoms with E-state index in [1.807, 2.05) is 0 Å². The van der Waals surface area contributed by atoms with Crippen molar-refractivity contribution in [1.29, 1.82) is 0 Å². The SMILES string of the molecule is C=CN=C(OC)C1CCN(C(=O)Cn2nc(-c3ccc(F)cc3)nc2-c2ccc(F)cc2)CC1. The number of carbonyl (C=O) groups excluding carboxylic acids is 1. The first kappa shape index (κ1) is 23.3. The van der Waals surface area contributed by atoms with E-state index in [0.717, 1.165) is 12.8 Å². The number of rotatable bonds is 6. The Morgan fingerprint density at radius 1 is 1.09 bits per heavy atom. The van der Waals surface area contributed by atoms with Crippen LogP contribution in [0.3, 0.4) is 0 Å². The molecular weight excluding hydrogens is 440 g/mol. The Balaban J connectivity index is 1.55. The average molecular weight is 466 g/mol. The van der Waals surface area contributed by atoms with Crippen LogP contribution in [0.25, 0.3) is 22.8 Å². The molecule has 0 saturated carbocycles. The lowest BCUT2D eigenvalue weighted by Gasteiger charge is -2.32. The van der Waals surface area contributed by atoms with E-state index >= 15 is 0 Å². The molecule has 0 aliphatic carbocycles. The van der Waals surface area contributed by atoms with E-state index in [2.05, 4.69) is 21.7 Å². The fourth-order valence-electron chi connectivity index (χ4n) is 4.00. The summed E-state index contributed by atoms with van der Waals surface area (Å²) in [7, 11) is 1.58. The van der Waals surface area contributed by atoms with Crippen LogP contribution in [0.4, 0.5) is 8.78 Å². The Bertz CT molecular complexity index is 1180. The fourth-order valence-corrected chi connectivity index (χ4v) is 4.00. The number of piperidine rings is 1. The van der Waals surface area contributed by atoms with Crippen molar-refractivity contribution in [2.24, 2.45) is 10.9 Å². The first-order valence-electron chi connectivity index (χ1n) is 11.0. The molecule has 1 amide bonds. The number of ether oxygens (including phenoxy) is 1. The van der Waals surface area contributed by atoms with Crippen LogP contribution in [-0.2, 0) is 16.1 Å². The lowest BCUT2D eigenvalue weighted by Crippen LogP contribution is -2.42. The third-order valence-corrected chi connectivity index (χ3v) is 5.79. The van der Waals surface area contributed by atoms with Crippen LogP contribution in [0.2, 0.25) is 0 Å². The number of aliphatic imine (C=N–C) groups is 1. The van der Waals surface area contributed by atoms with E-state index < -0.39 is 0 Å². The Labute approximate surface area is 196 Å². The Morgan fingerprint density at radius 2 is 1.68 bits per heavy atom. The highest BCUT2D eigenvalue weighted by Crippen LogP contribution is 2.24. The molecule has 0 atom stereocenters. The van der Waals surface area contributed by atoms with Crippen molar-refractivity contribution in [2.75, 3.05) is 20.2 Å². The molecule has 1 aromatic heterocycles. The van der Waals surface area contributed by atoms with Gasteiger partial charge in [0.2, 0.25) is 5.91 Å². The van der Waals surface area contributed by atoms with Crippen molar-refractivity contribution in [3.63, 3.8) is 0 Å². The van der Waals surface area contributed by atoms with Crippen molar-refractivity contribution in [3.8, 4) is 22.8 Å². The van der Waals surface area contributed by atoms with Crippen LogP contribution in [0, 0.1) is 17.6 Å². The normalized spacial score (nSPS) is 14.8. The average Bonchev–Trinajstić information content (AvgIpc) is 3.27. The summed E-state index contributed by atoms with van der Waals surface area (Å²) in [5.41, 5.74) is 1.24. The molecule has 2 aromatic carbocycles. The predicted octanol–water partition coefficient (Wildman–Crippen LogP) is 4.32. The first-order chi connectivity index (χ1) is 16.5. The van der Waals surface area contributed by atoms with E-state index in [-0.39, 0.29) is 30.0 Å². The summed E-state index contributed by atoms with van der Waals surface area (Å²) in [6.45, 7) is 4.72. The van der Waals surface area contributed by atoms with Gasteiger partial charge in [-0.05, 0) is 61.4 Å². The maximum Gasteiger partial charge on any atom is 0.244 e. The molecule has 4 rings (SSSR count). The van der Waals surface area contributed by atoms with Gasteiger partial charge in [0.1, 0.15) is 18.2 Å². The smallest absolute Gasteiger partial charge is 0.244 e. The van der Waals surface area contributed by atoms with Gasteiger partial charge in [-0.2, -0.15) is 0 Å². The summed E-state index contributed by atoms with van der Waals surface area (Å²) in [4.78, 5) is 23.6. The summed E-state index contributed by atoms with van der Waals surface area (Å²) >= 11 is 0. The van der Waals surface area contributed by atoms with E-state index in [1.165, 1.54) is 35.1 Å². The van der Waals surface area contributed by atoms with Gasteiger partial charge in [-0.1, -0.05) is 6.58 Å². The van der Waals surface area contributed by atoms with Crippen LogP contribution in [-0.4, -0.2) is 51.7 Å². The number of amides is 1. The maximum absolute atomic E-state index is 13.5. The molecule has 1 saturated heterocycles. The highest BCUT2D eigenvalue weighted by molar-refractivity contribution is 5.80. The van der Waals surface area contributed by atoms with Crippen LogP contribution < -0.4 is 0 Å². The number of aromatic nitrogens is 3. The lowest BCUT2D eigenvalue weighted by atomic mass is 9.96. The predicted molar refractivity (Wildman–Crippen MR) is 125 cm³/mol. The summed E-state index contributed by atoms with van der Waals surface area (Å²) in [6.07, 6.45) is 2.92. The number of benzene rings is 2. The number of methoxy groups -OCH3 is 1. The van der Waals surface area contributed by atoms with Gasteiger partial charge >= 0.3 is 0 Å². The van der Waals surface area contributed by atoms with Crippen molar-refractivity contribution in [1.82, 2.24) is 19.7 Å². The zero-order chi connectivity index (χ0) is 24.1. The van der Waals surface area contributed by atoms with Gasteiger partial charge < -0.3 is 9.64 Å². The Morgan fingerprint density at radius 3 is 2.24 bits per heavy atom. The quantitative estimate of drug-likeness (QED) is 0.402. The third-order valence-electron chi connectivity index (χ3n) is 5.79. The highest BCUT2D eigenvalue weighted by atomic mass is 19.1. The van der Waals surface area contributed by atoms with Crippen molar-refractivity contribution in [3.05, 3.63) is 72.9 Å². The largest absolute Gasteiger partial charge is 0.484 e. The van der Waals surface area contributed by atoms with Gasteiger partial charge in [-0.25, -0.2) is 23.4 Å². The minimum absolute atomic E-state index is 0.0244. The van der Waals surface area contributed by atoms with Crippen LogP contribution in [0.1, 0.15) is 12.8 Å². The summed E-state index contributed by atoms with van der Waals surface area (Å²) in [5, 5.41) is 4.52. The second-order valence-electron chi connectivity index (χ2n) is 7.94. The molecule has 0 bridgehead atoms. The maximum atomic E-state index is 13.5. The van der Waals surface area contributed by atoms with E-state index in [9.17, 15) is 13.6 Å². The topological polar surface area (TPSA) is 72.6 Å². The molecule has 0 spiro atoms. The second kappa shape index (κ2) is 10.4. The van der Waals surface area contributed by atoms with Gasteiger partial charge in [-0.3, -0.25) is 4.79 Å². The molecule has 2 heterocycles. The zero-order valence-corrected chi connectivity index (χ0v) is 18.8. The minimum atomic E-state index is -0.372. The molecular formula is C25H25F2N5O2. The Hall–Kier alpha value is -3.88. The summed E-state index contributed by atoms with van der Waals surface area (Å²) in [6, 6.07) is 11.6. The monoisotopic (exact) mass is 465 g/mol. The molecule has 0 radical (unpaired) electrons. The number of hydrogen-bond donors (Lipinski definition) is 0. The van der Waals surface area contributed by atoms with E-state index in [0.29, 0.717) is 41.8 Å². The highest BCUT2D eigenvalue weighted by Gasteiger charge is 2.27. The molecule has 3 aromatic rings. The summed E-state index contributed by atoms with van der Waals surface area (Å²) < 4.78 is 33.7. The zero-order valence-electron chi connectivity index (χ0n) is 18.8. The standard InChI is InChI=1S/C25H25F2N5O2/c1-3-28-25(34-2)19-12-14-31(15-13-19)22(33)16-32-24(18-6-10-21(27)11-7-18)29-23(30-32)17-4-8-20(26)9-5-17/h3-11,19H,1,12-16H2,2H3. The first-order valence-corrected chi connectivity index (χ1v) is 11.0. The van der Waals surface area contributed by atoms with Gasteiger partial charge in [0, 0.05) is 36.3 Å². The van der Waals surface area contributed by atoms with Crippen LogP contribution in [0.5, 0.6) is 0 Å². The van der Waals surface area contributed by atoms with E-state index in [4.69, 9.17) is 4.74 Å². The number of hydrogen-bond acceptors (Lipinski definition) is 5. The third kappa shape index (κ3) is 5.19. The molecule has 9 heteroatoms. The molecule has 1 aliphatic rings. The second-order valence-corrected chi connectivity index (χ2v) is 7.94. The van der Waals surface area contributed by atoms with Gasteiger partial charge in [-0.15, -0.1) is 5.10 Å². The molecule has 1 aliphatic heterocycles. The fraction of sp³-hybridized carbons (Fsp3) is 0.280. The number of carbonyl (C=O) groups is 1. The van der Waals surface area contributed by atoms with Gasteiger partial charge in [0.25, 0.3) is 0 Å². The minimum Gasteiger partial charge on any atom is -0.484 e. The molecule has 176 valence electrons. The molecule has 7 nitrogen and oxygen atoms in total. The molecule has 0 N–H and O–H groups in total. The van der Waals surface area contributed by atoms with Crippen molar-refractivity contribution in [2.45, 2.75) is 19.4 Å². The lowest BCUT2D eigenvalue weighted by molar-refractivity contribution is -0.133. The van der Waals surface area contributed by atoms with Gasteiger partial charge in [0.15, 0.2) is 17.5 Å². The molecule has 0 unspecified atom stereocenters. The summed E-state index contributed by atoms with van der Waals surface area (Å²) in [5.74, 6) is 0.716. The number of nitrogens with zero attached hydrogens (tertiary/aromatic N) is 5. The van der Waals surface area contributed by atoms with Crippen LogP contribution in [0.15, 0.2) is 66.3 Å². The van der Waals surface area contributed by atoms with Gasteiger partial charge in [0.05, 0.1) is 7.11 Å². The molecule has 34 heavy (non-hydrogen) atoms. The molecule has 1 fully saturated rings. The van der Waals surface area contributed by atoms with Crippen molar-refractivity contribution < 1.29 is 18.3 Å². The van der Waals surface area contributed by atoms with Crippen LogP contribution >= 0.6 is 0 Å². The Kier molecular flexibility index (Phi) is 7.10. The number of halogens is 2. The van der Waals surface area contributed by atoms with E-state index in [1.54, 1.807) is 36.3 Å². The number of likely N-dealkylation sites (tertiary alicyclic amines) is 1.